The van der Waals surface area contributed by atoms with E-state index in [0.29, 0.717) is 5.13 Å². The van der Waals surface area contributed by atoms with Crippen LogP contribution < -0.4 is 0 Å². The molecule has 0 spiro atoms. The van der Waals surface area contributed by atoms with Gasteiger partial charge < -0.3 is 0 Å². The molecule has 1 aromatic heterocycles. The van der Waals surface area contributed by atoms with Gasteiger partial charge in [-0.3, -0.25) is 0 Å². The molecule has 0 saturated heterocycles. The Morgan fingerprint density at radius 2 is 1.45 bits per heavy atom. The molecule has 0 bridgehead atoms. The number of thiazole rings is 1. The molecular formula is C18H23N3S. The van der Waals surface area contributed by atoms with E-state index in [9.17, 15) is 0 Å². The summed E-state index contributed by atoms with van der Waals surface area (Å²) in [6.45, 7) is 10.1. The molecule has 0 saturated carbocycles. The minimum absolute atomic E-state index is 0.691. The maximum Gasteiger partial charge on any atom is 0.231 e. The van der Waals surface area contributed by atoms with Crippen LogP contribution in [0.2, 0.25) is 0 Å². The molecule has 22 heavy (non-hydrogen) atoms. The summed E-state index contributed by atoms with van der Waals surface area (Å²) >= 11 is 1.55. The van der Waals surface area contributed by atoms with Crippen LogP contribution in [0.25, 0.3) is 10.2 Å². The Hall–Kier alpha value is -2.07. The Bertz CT molecular complexity index is 667. The van der Waals surface area contributed by atoms with Gasteiger partial charge >= 0.3 is 0 Å². The molecule has 0 aliphatic heterocycles. The standard InChI is InChI=1S/C14H11N3S.2C2H6/c1-10-6-8-11(9-7-10)16-17-14-15-12-4-2-3-5-13(12)18-14;2*1-2/h2-9H,1H3;2*1-2H3. The van der Waals surface area contributed by atoms with Crippen LogP contribution >= 0.6 is 11.3 Å². The Kier molecular flexibility index (Phi) is 8.00. The average Bonchev–Trinajstić information content (AvgIpc) is 3.01. The van der Waals surface area contributed by atoms with Crippen LogP contribution in [0.4, 0.5) is 10.8 Å². The van der Waals surface area contributed by atoms with E-state index in [0.717, 1.165) is 15.9 Å². The lowest BCUT2D eigenvalue weighted by atomic mass is 10.2. The smallest absolute Gasteiger partial charge is 0.217 e. The van der Waals surface area contributed by atoms with Crippen molar-refractivity contribution in [1.29, 1.82) is 0 Å². The molecule has 3 aromatic rings. The number of rotatable bonds is 2. The first-order valence-electron chi connectivity index (χ1n) is 7.65. The molecular weight excluding hydrogens is 290 g/mol. The van der Waals surface area contributed by atoms with Crippen molar-refractivity contribution in [1.82, 2.24) is 4.98 Å². The maximum atomic E-state index is 4.40. The summed E-state index contributed by atoms with van der Waals surface area (Å²) in [6.07, 6.45) is 0. The largest absolute Gasteiger partial charge is 0.231 e. The number of nitrogens with zero attached hydrogens (tertiary/aromatic N) is 3. The first kappa shape index (κ1) is 18.0. The highest BCUT2D eigenvalue weighted by Gasteiger charge is 2.00. The number of aryl methyl sites for hydroxylation is 1. The minimum atomic E-state index is 0.691. The van der Waals surface area contributed by atoms with Crippen molar-refractivity contribution < 1.29 is 0 Å². The number of aromatic nitrogens is 1. The van der Waals surface area contributed by atoms with E-state index in [-0.39, 0.29) is 0 Å². The van der Waals surface area contributed by atoms with Crippen LogP contribution in [-0.4, -0.2) is 4.98 Å². The highest BCUT2D eigenvalue weighted by Crippen LogP contribution is 2.28. The maximum absolute atomic E-state index is 4.40. The second-order valence-electron chi connectivity index (χ2n) is 4.00. The highest BCUT2D eigenvalue weighted by molar-refractivity contribution is 7.21. The summed E-state index contributed by atoms with van der Waals surface area (Å²) in [5.41, 5.74) is 3.04. The Labute approximate surface area is 136 Å². The van der Waals surface area contributed by atoms with E-state index < -0.39 is 0 Å². The van der Waals surface area contributed by atoms with E-state index >= 15 is 0 Å². The number of hydrogen-bond acceptors (Lipinski definition) is 4. The van der Waals surface area contributed by atoms with Crippen molar-refractivity contribution in [3.8, 4) is 0 Å². The molecule has 0 unspecified atom stereocenters. The van der Waals surface area contributed by atoms with Crippen molar-refractivity contribution in [2.75, 3.05) is 0 Å². The van der Waals surface area contributed by atoms with Crippen LogP contribution in [0.5, 0.6) is 0 Å². The molecule has 0 fully saturated rings. The van der Waals surface area contributed by atoms with Crippen LogP contribution in [0.3, 0.4) is 0 Å². The molecule has 4 heteroatoms. The fourth-order valence-corrected chi connectivity index (χ4v) is 2.40. The van der Waals surface area contributed by atoms with Crippen LogP contribution in [0, 0.1) is 6.92 Å². The normalized spacial score (nSPS) is 9.86. The van der Waals surface area contributed by atoms with Gasteiger partial charge in [0.15, 0.2) is 0 Å². The first-order chi connectivity index (χ1) is 10.8. The lowest BCUT2D eigenvalue weighted by Gasteiger charge is -1.91. The van der Waals surface area contributed by atoms with E-state index in [1.165, 1.54) is 5.56 Å². The van der Waals surface area contributed by atoms with Gasteiger partial charge in [0.1, 0.15) is 0 Å². The predicted molar refractivity (Wildman–Crippen MR) is 97.7 cm³/mol. The monoisotopic (exact) mass is 313 g/mol. The van der Waals surface area contributed by atoms with Crippen LogP contribution in [0.1, 0.15) is 33.3 Å². The predicted octanol–water partition coefficient (Wildman–Crippen LogP) is 7.07. The van der Waals surface area contributed by atoms with Crippen molar-refractivity contribution in [3.63, 3.8) is 0 Å². The summed E-state index contributed by atoms with van der Waals surface area (Å²) in [5, 5.41) is 9.05. The van der Waals surface area contributed by atoms with E-state index in [4.69, 9.17) is 0 Å². The van der Waals surface area contributed by atoms with Gasteiger partial charge in [-0.1, -0.05) is 68.9 Å². The minimum Gasteiger partial charge on any atom is -0.217 e. The van der Waals surface area contributed by atoms with Gasteiger partial charge in [0, 0.05) is 0 Å². The van der Waals surface area contributed by atoms with Crippen molar-refractivity contribution in [2.45, 2.75) is 34.6 Å². The second-order valence-corrected chi connectivity index (χ2v) is 5.01. The molecule has 0 aliphatic rings. The molecule has 0 aliphatic carbocycles. The van der Waals surface area contributed by atoms with Crippen LogP contribution in [0.15, 0.2) is 58.8 Å². The van der Waals surface area contributed by atoms with Crippen molar-refractivity contribution >= 4 is 32.4 Å². The van der Waals surface area contributed by atoms with E-state index in [1.807, 2.05) is 76.2 Å². The summed E-state index contributed by atoms with van der Waals surface area (Å²) in [7, 11) is 0. The number of para-hydroxylation sites is 1. The number of fused-ring (bicyclic) bond motifs is 1. The quantitative estimate of drug-likeness (QED) is 0.466. The zero-order valence-corrected chi connectivity index (χ0v) is 14.7. The van der Waals surface area contributed by atoms with Gasteiger partial charge in [-0.2, -0.15) is 0 Å². The number of azo groups is 1. The van der Waals surface area contributed by atoms with Gasteiger partial charge in [-0.15, -0.1) is 10.2 Å². The molecule has 0 radical (unpaired) electrons. The SMILES string of the molecule is CC.CC.Cc1ccc(N=Nc2nc3ccccc3s2)cc1. The topological polar surface area (TPSA) is 37.6 Å². The van der Waals surface area contributed by atoms with Gasteiger partial charge in [-0.05, 0) is 31.2 Å². The third kappa shape index (κ3) is 5.04. The highest BCUT2D eigenvalue weighted by atomic mass is 32.1. The third-order valence-corrected chi connectivity index (χ3v) is 3.49. The molecule has 0 N–H and O–H groups in total. The average molecular weight is 313 g/mol. The first-order valence-corrected chi connectivity index (χ1v) is 8.47. The number of hydrogen-bond donors (Lipinski definition) is 0. The summed E-state index contributed by atoms with van der Waals surface area (Å²) in [4.78, 5) is 4.40. The summed E-state index contributed by atoms with van der Waals surface area (Å²) < 4.78 is 1.13. The Morgan fingerprint density at radius 3 is 2.09 bits per heavy atom. The fraction of sp³-hybridized carbons (Fsp3) is 0.278. The number of benzene rings is 2. The molecule has 1 heterocycles. The molecule has 0 atom stereocenters. The zero-order valence-electron chi connectivity index (χ0n) is 13.9. The molecule has 2 aromatic carbocycles. The van der Waals surface area contributed by atoms with Crippen molar-refractivity contribution in [2.24, 2.45) is 10.2 Å². The van der Waals surface area contributed by atoms with Crippen LogP contribution in [-0.2, 0) is 0 Å². The van der Waals surface area contributed by atoms with Gasteiger partial charge in [0.05, 0.1) is 15.9 Å². The Balaban J connectivity index is 0.000000561. The van der Waals surface area contributed by atoms with Crippen molar-refractivity contribution in [3.05, 3.63) is 54.1 Å². The third-order valence-electron chi connectivity index (χ3n) is 2.57. The lowest BCUT2D eigenvalue weighted by molar-refractivity contribution is 1.21. The summed E-state index contributed by atoms with van der Waals surface area (Å²) in [5.74, 6) is 0. The molecule has 116 valence electrons. The summed E-state index contributed by atoms with van der Waals surface area (Å²) in [6, 6.07) is 15.9. The van der Waals surface area contributed by atoms with Gasteiger partial charge in [-0.25, -0.2) is 4.98 Å². The molecule has 0 amide bonds. The second kappa shape index (κ2) is 9.79. The molecule has 3 nitrogen and oxygen atoms in total. The molecule has 3 rings (SSSR count). The van der Waals surface area contributed by atoms with Gasteiger partial charge in [0.25, 0.3) is 0 Å². The van der Waals surface area contributed by atoms with Gasteiger partial charge in [0.2, 0.25) is 5.13 Å². The van der Waals surface area contributed by atoms with E-state index in [1.54, 1.807) is 11.3 Å². The van der Waals surface area contributed by atoms with E-state index in [2.05, 4.69) is 22.1 Å². The zero-order chi connectivity index (χ0) is 16.4. The Morgan fingerprint density at radius 1 is 0.818 bits per heavy atom. The lowest BCUT2D eigenvalue weighted by Crippen LogP contribution is -1.68. The fourth-order valence-electron chi connectivity index (χ4n) is 1.61.